The largest absolute Gasteiger partial charge is 0.390 e. The van der Waals surface area contributed by atoms with Crippen molar-refractivity contribution in [1.29, 1.82) is 0 Å². The van der Waals surface area contributed by atoms with Crippen molar-refractivity contribution >= 4 is 11.9 Å². The molecule has 4 saturated carbocycles. The van der Waals surface area contributed by atoms with Crippen LogP contribution in [0.2, 0.25) is 0 Å². The Morgan fingerprint density at radius 1 is 1.03 bits per heavy atom. The zero-order valence-electron chi connectivity index (χ0n) is 25.9. The maximum Gasteiger partial charge on any atom is 0.164 e. The number of aromatic nitrogens is 1. The van der Waals surface area contributed by atoms with Gasteiger partial charge in [0.05, 0.1) is 11.3 Å². The number of allylic oxidation sites excluding steroid dienone is 3. The minimum atomic E-state index is -0.615. The van der Waals surface area contributed by atoms with Gasteiger partial charge in [0.2, 0.25) is 0 Å². The third kappa shape index (κ3) is 4.41. The van der Waals surface area contributed by atoms with Gasteiger partial charge in [-0.05, 0) is 142 Å². The molecule has 0 bridgehead atoms. The molecule has 1 heterocycles. The van der Waals surface area contributed by atoms with E-state index in [1.807, 2.05) is 24.4 Å². The number of carbonyl (C=O) groups is 1. The van der Waals surface area contributed by atoms with Gasteiger partial charge in [0.1, 0.15) is 0 Å². The lowest BCUT2D eigenvalue weighted by Gasteiger charge is -2.69. The highest BCUT2D eigenvalue weighted by Gasteiger charge is 2.69. The predicted molar refractivity (Wildman–Crippen MR) is 161 cm³/mol. The molecule has 0 unspecified atom stereocenters. The van der Waals surface area contributed by atoms with Gasteiger partial charge in [-0.2, -0.15) is 0 Å². The molecule has 1 N–H and O–H groups in total. The first-order valence-electron chi connectivity index (χ1n) is 15.7. The van der Waals surface area contributed by atoms with E-state index in [1.54, 1.807) is 0 Å². The molecule has 3 heteroatoms. The number of ketones is 1. The first-order valence-corrected chi connectivity index (χ1v) is 15.7. The van der Waals surface area contributed by atoms with Crippen LogP contribution in [0.1, 0.15) is 119 Å². The first-order chi connectivity index (χ1) is 18.2. The average molecular weight is 532 g/mol. The van der Waals surface area contributed by atoms with E-state index in [2.05, 4.69) is 72.5 Å². The van der Waals surface area contributed by atoms with Gasteiger partial charge in [-0.25, -0.2) is 0 Å². The van der Waals surface area contributed by atoms with Crippen LogP contribution < -0.4 is 0 Å². The smallest absolute Gasteiger partial charge is 0.164 e. The van der Waals surface area contributed by atoms with Gasteiger partial charge in [0.15, 0.2) is 5.78 Å². The fourth-order valence-corrected chi connectivity index (χ4v) is 10.9. The SMILES string of the molecule is CC(C)=CCC[C@](C)(O)[C@H]1CC[C@]2(C)[C@@H]1CC[C@@H]1[C@@]3(C)C/C(=C/c4ccccn4)C(=O)C(C)(C)[C@@H]3CC[C@]12C. The molecule has 3 nitrogen and oxygen atoms in total. The number of Topliss-reactive ketones (excluding diaryl/α,β-unsaturated/α-hetero) is 1. The van der Waals surface area contributed by atoms with Crippen LogP contribution in [0.25, 0.3) is 6.08 Å². The molecule has 0 saturated heterocycles. The highest BCUT2D eigenvalue weighted by Crippen LogP contribution is 2.75. The van der Waals surface area contributed by atoms with Crippen molar-refractivity contribution < 1.29 is 9.90 Å². The van der Waals surface area contributed by atoms with Crippen molar-refractivity contribution in [2.24, 2.45) is 45.3 Å². The van der Waals surface area contributed by atoms with E-state index in [1.165, 1.54) is 31.3 Å². The number of hydrogen-bond donors (Lipinski definition) is 1. The zero-order chi connectivity index (χ0) is 28.4. The van der Waals surface area contributed by atoms with E-state index in [0.717, 1.165) is 43.4 Å². The summed E-state index contributed by atoms with van der Waals surface area (Å²) in [6.45, 7) is 18.6. The van der Waals surface area contributed by atoms with E-state index in [0.29, 0.717) is 29.5 Å². The molecule has 0 aromatic carbocycles. The maximum atomic E-state index is 13.9. The fraction of sp³-hybridized carbons (Fsp3) is 0.722. The standard InChI is InChI=1S/C36H53NO2/c1-24(2)12-11-18-36(8,39)28-16-19-34(6)27(28)14-15-30-33(5)23-25(22-26-13-9-10-21-37-26)31(38)32(3,4)29(33)17-20-35(30,34)7/h9-10,12-13,21-22,27-30,39H,11,14-20,23H2,1-8H3/b25-22-/t27-,28+,29+,30-,33+,34-,35-,36+/m1/s1. The molecule has 1 aromatic heterocycles. The second-order valence-electron chi connectivity index (χ2n) is 15.6. The Morgan fingerprint density at radius 2 is 1.74 bits per heavy atom. The summed E-state index contributed by atoms with van der Waals surface area (Å²) in [5.74, 6) is 2.26. The molecule has 4 aliphatic rings. The lowest BCUT2D eigenvalue weighted by molar-refractivity contribution is -0.201. The van der Waals surface area contributed by atoms with Gasteiger partial charge >= 0.3 is 0 Å². The molecule has 214 valence electrons. The van der Waals surface area contributed by atoms with Crippen LogP contribution in [-0.2, 0) is 4.79 Å². The molecule has 0 radical (unpaired) electrons. The Labute approximate surface area is 238 Å². The second kappa shape index (κ2) is 9.68. The van der Waals surface area contributed by atoms with Crippen molar-refractivity contribution in [3.8, 4) is 0 Å². The van der Waals surface area contributed by atoms with Crippen LogP contribution in [0.15, 0.2) is 41.6 Å². The number of hydrogen-bond acceptors (Lipinski definition) is 3. The number of fused-ring (bicyclic) bond motifs is 5. The Kier molecular flexibility index (Phi) is 7.14. The van der Waals surface area contributed by atoms with Gasteiger partial charge in [-0.3, -0.25) is 9.78 Å². The summed E-state index contributed by atoms with van der Waals surface area (Å²) >= 11 is 0. The van der Waals surface area contributed by atoms with Crippen molar-refractivity contribution in [1.82, 2.24) is 4.98 Å². The number of pyridine rings is 1. The number of carbonyl (C=O) groups excluding carboxylic acids is 1. The van der Waals surface area contributed by atoms with Gasteiger partial charge in [0, 0.05) is 11.6 Å². The van der Waals surface area contributed by atoms with E-state index >= 15 is 0 Å². The number of rotatable bonds is 5. The van der Waals surface area contributed by atoms with Crippen molar-refractivity contribution in [3.63, 3.8) is 0 Å². The van der Waals surface area contributed by atoms with E-state index < -0.39 is 5.60 Å². The number of aliphatic hydroxyl groups is 1. The predicted octanol–water partition coefficient (Wildman–Crippen LogP) is 8.83. The lowest BCUT2D eigenvalue weighted by atomic mass is 9.35. The van der Waals surface area contributed by atoms with Crippen LogP contribution in [0.5, 0.6) is 0 Å². The van der Waals surface area contributed by atoms with Crippen molar-refractivity contribution in [2.75, 3.05) is 0 Å². The summed E-state index contributed by atoms with van der Waals surface area (Å²) in [5.41, 5.74) is 2.76. The Hall–Kier alpha value is -1.74. The quantitative estimate of drug-likeness (QED) is 0.305. The van der Waals surface area contributed by atoms with Crippen LogP contribution >= 0.6 is 0 Å². The Bertz CT molecular complexity index is 1160. The lowest BCUT2D eigenvalue weighted by Crippen LogP contribution is -2.64. The van der Waals surface area contributed by atoms with Gasteiger partial charge in [-0.1, -0.05) is 52.3 Å². The van der Waals surface area contributed by atoms with Crippen molar-refractivity contribution in [2.45, 2.75) is 119 Å². The molecule has 1 aromatic rings. The average Bonchev–Trinajstić information content (AvgIpc) is 3.22. The molecule has 8 atom stereocenters. The van der Waals surface area contributed by atoms with Gasteiger partial charge in [-0.15, -0.1) is 0 Å². The van der Waals surface area contributed by atoms with Crippen LogP contribution in [-0.4, -0.2) is 21.5 Å². The molecule has 4 fully saturated rings. The highest BCUT2D eigenvalue weighted by atomic mass is 16.3. The molecular formula is C36H53NO2. The first kappa shape index (κ1) is 28.8. The second-order valence-corrected chi connectivity index (χ2v) is 15.6. The summed E-state index contributed by atoms with van der Waals surface area (Å²) in [6, 6.07) is 5.96. The summed E-state index contributed by atoms with van der Waals surface area (Å²) in [7, 11) is 0. The monoisotopic (exact) mass is 531 g/mol. The molecule has 4 aliphatic carbocycles. The van der Waals surface area contributed by atoms with Gasteiger partial charge < -0.3 is 5.11 Å². The Morgan fingerprint density at radius 3 is 2.41 bits per heavy atom. The van der Waals surface area contributed by atoms with E-state index in [-0.39, 0.29) is 21.7 Å². The fourth-order valence-electron chi connectivity index (χ4n) is 10.9. The normalized spacial score (nSPS) is 41.8. The Balaban J connectivity index is 1.48. The minimum absolute atomic E-state index is 0.0864. The zero-order valence-corrected chi connectivity index (χ0v) is 25.9. The third-order valence-corrected chi connectivity index (χ3v) is 13.0. The van der Waals surface area contributed by atoms with Crippen LogP contribution in [0, 0.1) is 45.3 Å². The van der Waals surface area contributed by atoms with E-state index in [4.69, 9.17) is 0 Å². The highest BCUT2D eigenvalue weighted by molar-refractivity contribution is 6.04. The number of nitrogens with zero attached hydrogens (tertiary/aromatic N) is 1. The summed E-state index contributed by atoms with van der Waals surface area (Å²) in [5, 5.41) is 11.8. The molecular weight excluding hydrogens is 478 g/mol. The molecule has 39 heavy (non-hydrogen) atoms. The molecule has 5 rings (SSSR count). The van der Waals surface area contributed by atoms with Crippen molar-refractivity contribution in [3.05, 3.63) is 47.3 Å². The van der Waals surface area contributed by atoms with Gasteiger partial charge in [0.25, 0.3) is 0 Å². The topological polar surface area (TPSA) is 50.2 Å². The van der Waals surface area contributed by atoms with Crippen LogP contribution in [0.4, 0.5) is 0 Å². The minimum Gasteiger partial charge on any atom is -0.390 e. The molecule has 0 amide bonds. The van der Waals surface area contributed by atoms with Crippen LogP contribution in [0.3, 0.4) is 0 Å². The summed E-state index contributed by atoms with van der Waals surface area (Å²) in [4.78, 5) is 18.4. The summed E-state index contributed by atoms with van der Waals surface area (Å²) < 4.78 is 0. The molecule has 0 aliphatic heterocycles. The van der Waals surface area contributed by atoms with E-state index in [9.17, 15) is 9.90 Å². The third-order valence-electron chi connectivity index (χ3n) is 13.0. The maximum absolute atomic E-state index is 13.9. The summed E-state index contributed by atoms with van der Waals surface area (Å²) in [6.07, 6.45) is 16.0. The molecule has 0 spiro atoms.